The molecule has 1 aliphatic rings. The standard InChI is InChI=1S/C18H23ClN4O2/c1-11-14(15-10-13(19)4-5-16(15)21-11)6-7-20-18(25)23-9-8-22(3)17(24)12(23)2/h4-5,10,12,21H,6-9H2,1-3H3,(H,20,25)/t12-/m0/s1. The summed E-state index contributed by atoms with van der Waals surface area (Å²) in [4.78, 5) is 31.0. The van der Waals surface area contributed by atoms with E-state index in [9.17, 15) is 9.59 Å². The van der Waals surface area contributed by atoms with Crippen molar-refractivity contribution in [3.05, 3.63) is 34.5 Å². The second kappa shape index (κ2) is 6.96. The third-order valence-corrected chi connectivity index (χ3v) is 5.11. The summed E-state index contributed by atoms with van der Waals surface area (Å²) in [5.74, 6) is -0.0245. The van der Waals surface area contributed by atoms with E-state index in [1.54, 1.807) is 23.8 Å². The molecule has 2 N–H and O–H groups in total. The van der Waals surface area contributed by atoms with Crippen LogP contribution in [0.2, 0.25) is 5.02 Å². The van der Waals surface area contributed by atoms with Crippen molar-refractivity contribution in [2.24, 2.45) is 0 Å². The fourth-order valence-electron chi connectivity index (χ4n) is 3.36. The zero-order chi connectivity index (χ0) is 18.1. The molecule has 7 heteroatoms. The Labute approximate surface area is 152 Å². The number of aryl methyl sites for hydroxylation is 1. The fraction of sp³-hybridized carbons (Fsp3) is 0.444. The highest BCUT2D eigenvalue weighted by molar-refractivity contribution is 6.31. The molecule has 134 valence electrons. The van der Waals surface area contributed by atoms with Gasteiger partial charge in [-0.3, -0.25) is 4.79 Å². The molecule has 0 radical (unpaired) electrons. The van der Waals surface area contributed by atoms with Gasteiger partial charge in [0, 0.05) is 48.3 Å². The molecule has 1 aliphatic heterocycles. The number of piperazine rings is 1. The Bertz CT molecular complexity index is 817. The number of likely N-dealkylation sites (N-methyl/N-ethyl adjacent to an activating group) is 1. The predicted molar refractivity (Wildman–Crippen MR) is 99.0 cm³/mol. The van der Waals surface area contributed by atoms with Crippen LogP contribution in [0, 0.1) is 6.92 Å². The van der Waals surface area contributed by atoms with Crippen molar-refractivity contribution in [3.63, 3.8) is 0 Å². The van der Waals surface area contributed by atoms with Crippen LogP contribution in [0.15, 0.2) is 18.2 Å². The van der Waals surface area contributed by atoms with E-state index < -0.39 is 6.04 Å². The number of carbonyl (C=O) groups excluding carboxylic acids is 2. The number of amides is 3. The average molecular weight is 363 g/mol. The highest BCUT2D eigenvalue weighted by atomic mass is 35.5. The maximum atomic E-state index is 12.4. The number of H-pyrrole nitrogens is 1. The number of hydrogen-bond acceptors (Lipinski definition) is 2. The van der Waals surface area contributed by atoms with Crippen LogP contribution in [0.3, 0.4) is 0 Å². The molecule has 0 aliphatic carbocycles. The zero-order valence-electron chi connectivity index (χ0n) is 14.7. The Morgan fingerprint density at radius 2 is 2.16 bits per heavy atom. The van der Waals surface area contributed by atoms with Gasteiger partial charge in [-0.1, -0.05) is 11.6 Å². The van der Waals surface area contributed by atoms with Gasteiger partial charge in [0.25, 0.3) is 0 Å². The maximum Gasteiger partial charge on any atom is 0.318 e. The van der Waals surface area contributed by atoms with E-state index in [2.05, 4.69) is 10.3 Å². The first kappa shape index (κ1) is 17.6. The molecule has 0 saturated carbocycles. The minimum absolute atomic E-state index is 0.0245. The third-order valence-electron chi connectivity index (χ3n) is 4.87. The molecular formula is C18H23ClN4O2. The van der Waals surface area contributed by atoms with Crippen molar-refractivity contribution in [3.8, 4) is 0 Å². The smallest absolute Gasteiger partial charge is 0.318 e. The molecule has 6 nitrogen and oxygen atoms in total. The molecule has 1 atom stereocenters. The highest BCUT2D eigenvalue weighted by Crippen LogP contribution is 2.25. The molecule has 1 fully saturated rings. The van der Waals surface area contributed by atoms with Crippen molar-refractivity contribution in [2.75, 3.05) is 26.7 Å². The van der Waals surface area contributed by atoms with E-state index >= 15 is 0 Å². The quantitative estimate of drug-likeness (QED) is 0.881. The molecule has 0 spiro atoms. The number of urea groups is 1. The lowest BCUT2D eigenvalue weighted by Crippen LogP contribution is -2.58. The third kappa shape index (κ3) is 3.44. The Morgan fingerprint density at radius 1 is 1.40 bits per heavy atom. The Kier molecular flexibility index (Phi) is 4.90. The van der Waals surface area contributed by atoms with Crippen molar-refractivity contribution in [1.29, 1.82) is 0 Å². The van der Waals surface area contributed by atoms with Gasteiger partial charge < -0.3 is 20.1 Å². The van der Waals surface area contributed by atoms with Crippen molar-refractivity contribution < 1.29 is 9.59 Å². The number of carbonyl (C=O) groups is 2. The molecule has 2 aromatic rings. The Morgan fingerprint density at radius 3 is 2.92 bits per heavy atom. The van der Waals surface area contributed by atoms with E-state index in [0.717, 1.165) is 22.2 Å². The highest BCUT2D eigenvalue weighted by Gasteiger charge is 2.32. The number of aromatic amines is 1. The minimum atomic E-state index is -0.424. The molecule has 1 aromatic carbocycles. The topological polar surface area (TPSA) is 68.4 Å². The van der Waals surface area contributed by atoms with E-state index in [1.807, 2.05) is 25.1 Å². The molecule has 0 bridgehead atoms. The van der Waals surface area contributed by atoms with Crippen LogP contribution in [0.4, 0.5) is 4.79 Å². The fourth-order valence-corrected chi connectivity index (χ4v) is 3.54. The van der Waals surface area contributed by atoms with Crippen molar-refractivity contribution in [2.45, 2.75) is 26.3 Å². The number of nitrogens with one attached hydrogen (secondary N) is 2. The van der Waals surface area contributed by atoms with Gasteiger partial charge in [0.1, 0.15) is 6.04 Å². The SMILES string of the molecule is Cc1[nH]c2ccc(Cl)cc2c1CCNC(=O)N1CCN(C)C(=O)[C@@H]1C. The summed E-state index contributed by atoms with van der Waals surface area (Å²) in [5.41, 5.74) is 3.27. The van der Waals surface area contributed by atoms with Gasteiger partial charge in [-0.15, -0.1) is 0 Å². The van der Waals surface area contributed by atoms with E-state index in [-0.39, 0.29) is 11.9 Å². The second-order valence-corrected chi connectivity index (χ2v) is 6.97. The van der Waals surface area contributed by atoms with Gasteiger partial charge in [-0.2, -0.15) is 0 Å². The molecule has 1 aromatic heterocycles. The van der Waals surface area contributed by atoms with Gasteiger partial charge in [-0.05, 0) is 44.0 Å². The first-order chi connectivity index (χ1) is 11.9. The van der Waals surface area contributed by atoms with Crippen molar-refractivity contribution in [1.82, 2.24) is 20.1 Å². The first-order valence-electron chi connectivity index (χ1n) is 8.44. The average Bonchev–Trinajstić information content (AvgIpc) is 2.88. The largest absolute Gasteiger partial charge is 0.358 e. The molecule has 0 unspecified atom stereocenters. The lowest BCUT2D eigenvalue weighted by molar-refractivity contribution is -0.137. The number of halogens is 1. The molecular weight excluding hydrogens is 340 g/mol. The number of hydrogen-bond donors (Lipinski definition) is 2. The van der Waals surface area contributed by atoms with Crippen LogP contribution in [0.5, 0.6) is 0 Å². The molecule has 25 heavy (non-hydrogen) atoms. The van der Waals surface area contributed by atoms with Crippen LogP contribution < -0.4 is 5.32 Å². The van der Waals surface area contributed by atoms with Gasteiger partial charge in [0.05, 0.1) is 0 Å². The van der Waals surface area contributed by atoms with Gasteiger partial charge in [0.15, 0.2) is 0 Å². The van der Waals surface area contributed by atoms with Gasteiger partial charge in [0.2, 0.25) is 5.91 Å². The molecule has 3 rings (SSSR count). The van der Waals surface area contributed by atoms with Crippen LogP contribution in [-0.4, -0.2) is 59.4 Å². The van der Waals surface area contributed by atoms with E-state index in [4.69, 9.17) is 11.6 Å². The van der Waals surface area contributed by atoms with Crippen LogP contribution in [0.1, 0.15) is 18.2 Å². The second-order valence-electron chi connectivity index (χ2n) is 6.53. The first-order valence-corrected chi connectivity index (χ1v) is 8.82. The van der Waals surface area contributed by atoms with Crippen LogP contribution >= 0.6 is 11.6 Å². The summed E-state index contributed by atoms with van der Waals surface area (Å²) in [6, 6.07) is 5.15. The van der Waals surface area contributed by atoms with Crippen LogP contribution in [-0.2, 0) is 11.2 Å². The monoisotopic (exact) mass is 362 g/mol. The molecule has 2 heterocycles. The van der Waals surface area contributed by atoms with E-state index in [0.29, 0.717) is 31.1 Å². The number of fused-ring (bicyclic) bond motifs is 1. The normalized spacial score (nSPS) is 18.1. The Balaban J connectivity index is 1.63. The van der Waals surface area contributed by atoms with Gasteiger partial charge in [-0.25, -0.2) is 4.79 Å². The van der Waals surface area contributed by atoms with Gasteiger partial charge >= 0.3 is 6.03 Å². The summed E-state index contributed by atoms with van der Waals surface area (Å²) in [6.45, 7) is 5.41. The molecule has 1 saturated heterocycles. The summed E-state index contributed by atoms with van der Waals surface area (Å²) >= 11 is 6.10. The van der Waals surface area contributed by atoms with E-state index in [1.165, 1.54) is 0 Å². The lowest BCUT2D eigenvalue weighted by Gasteiger charge is -2.37. The number of aromatic nitrogens is 1. The minimum Gasteiger partial charge on any atom is -0.358 e. The number of rotatable bonds is 3. The Hall–Kier alpha value is -2.21. The lowest BCUT2D eigenvalue weighted by atomic mass is 10.1. The summed E-state index contributed by atoms with van der Waals surface area (Å²) in [6.07, 6.45) is 0.702. The summed E-state index contributed by atoms with van der Waals surface area (Å²) in [5, 5.41) is 4.71. The maximum absolute atomic E-state index is 12.4. The number of nitrogens with zero attached hydrogens (tertiary/aromatic N) is 2. The zero-order valence-corrected chi connectivity index (χ0v) is 15.5. The summed E-state index contributed by atoms with van der Waals surface area (Å²) in [7, 11) is 1.76. The molecule has 3 amide bonds. The van der Waals surface area contributed by atoms with Crippen LogP contribution in [0.25, 0.3) is 10.9 Å². The number of benzene rings is 1. The van der Waals surface area contributed by atoms with Crippen molar-refractivity contribution >= 4 is 34.4 Å². The summed E-state index contributed by atoms with van der Waals surface area (Å²) < 4.78 is 0. The predicted octanol–water partition coefficient (Wildman–Crippen LogP) is 2.54.